The van der Waals surface area contributed by atoms with Crippen LogP contribution in [0, 0.1) is 5.41 Å². The van der Waals surface area contributed by atoms with Crippen molar-refractivity contribution >= 4 is 30.2 Å². The molecular formula is C35H72ClN5O2. The number of amides is 2. The third-order valence-electron chi connectivity index (χ3n) is 8.22. The predicted molar refractivity (Wildman–Crippen MR) is 188 cm³/mol. The van der Waals surface area contributed by atoms with E-state index in [2.05, 4.69) is 29.8 Å². The second-order valence-corrected chi connectivity index (χ2v) is 12.4. The van der Waals surface area contributed by atoms with Crippen LogP contribution in [0.1, 0.15) is 187 Å². The molecule has 0 bridgehead atoms. The maximum atomic E-state index is 12.7. The summed E-state index contributed by atoms with van der Waals surface area (Å²) in [6.07, 6.45) is 32.8. The van der Waals surface area contributed by atoms with E-state index >= 15 is 0 Å². The van der Waals surface area contributed by atoms with Crippen molar-refractivity contribution in [3.8, 4) is 0 Å². The molecule has 0 saturated carbocycles. The number of nitrogens with two attached hydrogens (primary N) is 1. The third kappa shape index (κ3) is 33.2. The summed E-state index contributed by atoms with van der Waals surface area (Å²) in [6, 6.07) is -0.526. The zero-order valence-electron chi connectivity index (χ0n) is 28.4. The molecule has 0 spiro atoms. The number of hydrogen-bond acceptors (Lipinski definition) is 3. The van der Waals surface area contributed by atoms with Crippen LogP contribution in [0.4, 0.5) is 0 Å². The number of unbranched alkanes of at least 4 members (excludes halogenated alkanes) is 22. The number of hydrogen-bond donors (Lipinski definition) is 5. The first kappa shape index (κ1) is 43.6. The zero-order valence-corrected chi connectivity index (χ0v) is 29.2. The Morgan fingerprint density at radius 3 is 1.35 bits per heavy atom. The Morgan fingerprint density at radius 2 is 0.930 bits per heavy atom. The van der Waals surface area contributed by atoms with E-state index in [0.29, 0.717) is 32.4 Å². The maximum Gasteiger partial charge on any atom is 0.242 e. The smallest absolute Gasteiger partial charge is 0.242 e. The van der Waals surface area contributed by atoms with Crippen LogP contribution in [0.25, 0.3) is 0 Å². The first-order valence-electron chi connectivity index (χ1n) is 18.2. The number of carbonyl (C=O) groups is 2. The topological polar surface area (TPSA) is 120 Å². The van der Waals surface area contributed by atoms with E-state index < -0.39 is 6.04 Å². The molecule has 8 heteroatoms. The van der Waals surface area contributed by atoms with E-state index in [1.54, 1.807) is 0 Å². The van der Waals surface area contributed by atoms with E-state index in [1.165, 1.54) is 128 Å². The number of nitrogens with one attached hydrogen (secondary N) is 4. The molecule has 1 unspecified atom stereocenters. The van der Waals surface area contributed by atoms with E-state index in [4.69, 9.17) is 11.1 Å². The Morgan fingerprint density at radius 1 is 0.558 bits per heavy atom. The quantitative estimate of drug-likeness (QED) is 0.0289. The Bertz CT molecular complexity index is 635. The minimum Gasteiger partial charge on any atom is -0.370 e. The highest BCUT2D eigenvalue weighted by Crippen LogP contribution is 2.15. The Hall–Kier alpha value is -1.50. The Labute approximate surface area is 272 Å². The molecule has 0 aromatic carbocycles. The minimum absolute atomic E-state index is 0. The fourth-order valence-corrected chi connectivity index (χ4v) is 5.49. The fourth-order valence-electron chi connectivity index (χ4n) is 5.49. The lowest BCUT2D eigenvalue weighted by atomic mass is 10.0. The highest BCUT2D eigenvalue weighted by Gasteiger charge is 2.20. The van der Waals surface area contributed by atoms with E-state index in [-0.39, 0.29) is 30.2 Å². The lowest BCUT2D eigenvalue weighted by Crippen LogP contribution is -2.47. The largest absolute Gasteiger partial charge is 0.370 e. The summed E-state index contributed by atoms with van der Waals surface area (Å²) < 4.78 is 0. The second kappa shape index (κ2) is 35.0. The lowest BCUT2D eigenvalue weighted by Gasteiger charge is -2.19. The molecule has 0 aromatic rings. The van der Waals surface area contributed by atoms with Gasteiger partial charge in [-0.2, -0.15) is 0 Å². The van der Waals surface area contributed by atoms with E-state index in [1.807, 2.05) is 0 Å². The molecule has 256 valence electrons. The molecule has 0 aliphatic carbocycles. The van der Waals surface area contributed by atoms with Crippen molar-refractivity contribution < 1.29 is 9.59 Å². The molecule has 0 fully saturated rings. The highest BCUT2D eigenvalue weighted by molar-refractivity contribution is 5.87. The van der Waals surface area contributed by atoms with Crippen LogP contribution < -0.4 is 21.7 Å². The number of guanidine groups is 1. The summed E-state index contributed by atoms with van der Waals surface area (Å²) in [6.45, 7) is 5.65. The predicted octanol–water partition coefficient (Wildman–Crippen LogP) is 9.06. The molecule has 0 aromatic heterocycles. The third-order valence-corrected chi connectivity index (χ3v) is 8.22. The second-order valence-electron chi connectivity index (χ2n) is 12.4. The summed E-state index contributed by atoms with van der Waals surface area (Å²) >= 11 is 0. The molecule has 0 saturated heterocycles. The van der Waals surface area contributed by atoms with Gasteiger partial charge in [0.2, 0.25) is 11.8 Å². The van der Waals surface area contributed by atoms with Gasteiger partial charge in [-0.3, -0.25) is 15.0 Å². The standard InChI is InChI=1S/C35H71N5O2.ClH/c1-3-5-7-9-10-11-12-13-14-15-16-17-18-19-20-21-22-23-25-29-33(41)40-32(28-27-31-39-35(36)37)34(42)38-30-26-24-8-6-4-2;/h32H,3-31H2,1-2H3,(H,38,42)(H,40,41)(H4,36,37,39);1H. The SMILES string of the molecule is CCCCCCCCCCCCCCCCCCCCCC(=O)NC(CCCNC(=N)N)C(=O)NCCCCCCC.Cl. The molecule has 0 aliphatic heterocycles. The normalized spacial score (nSPS) is 11.5. The average molecular weight is 630 g/mol. The molecular weight excluding hydrogens is 558 g/mol. The first-order chi connectivity index (χ1) is 20.5. The highest BCUT2D eigenvalue weighted by atomic mass is 35.5. The molecule has 0 radical (unpaired) electrons. The van der Waals surface area contributed by atoms with Crippen molar-refractivity contribution in [3.05, 3.63) is 0 Å². The fraction of sp³-hybridized carbons (Fsp3) is 0.914. The summed E-state index contributed by atoms with van der Waals surface area (Å²) in [7, 11) is 0. The first-order valence-corrected chi connectivity index (χ1v) is 18.2. The number of rotatable bonds is 32. The number of carbonyl (C=O) groups excluding carboxylic acids is 2. The van der Waals surface area contributed by atoms with Crippen molar-refractivity contribution in [2.45, 2.75) is 193 Å². The average Bonchev–Trinajstić information content (AvgIpc) is 2.97. The van der Waals surface area contributed by atoms with Crippen molar-refractivity contribution in [1.29, 1.82) is 5.41 Å². The van der Waals surface area contributed by atoms with Crippen LogP contribution in [0.2, 0.25) is 0 Å². The zero-order chi connectivity index (χ0) is 30.9. The van der Waals surface area contributed by atoms with Crippen LogP contribution in [0.3, 0.4) is 0 Å². The Kier molecular flexibility index (Phi) is 35.5. The van der Waals surface area contributed by atoms with Crippen LogP contribution in [0.15, 0.2) is 0 Å². The molecule has 0 aliphatic rings. The van der Waals surface area contributed by atoms with Gasteiger partial charge in [-0.05, 0) is 25.7 Å². The number of halogens is 1. The van der Waals surface area contributed by atoms with Gasteiger partial charge >= 0.3 is 0 Å². The van der Waals surface area contributed by atoms with Crippen molar-refractivity contribution in [2.75, 3.05) is 13.1 Å². The molecule has 0 heterocycles. The van der Waals surface area contributed by atoms with Crippen LogP contribution in [0.5, 0.6) is 0 Å². The Balaban J connectivity index is 0. The van der Waals surface area contributed by atoms with Gasteiger partial charge < -0.3 is 21.7 Å². The molecule has 1 atom stereocenters. The van der Waals surface area contributed by atoms with Crippen LogP contribution in [-0.2, 0) is 9.59 Å². The van der Waals surface area contributed by atoms with E-state index in [9.17, 15) is 9.59 Å². The van der Waals surface area contributed by atoms with Gasteiger partial charge in [-0.25, -0.2) is 0 Å². The molecule has 6 N–H and O–H groups in total. The maximum absolute atomic E-state index is 12.7. The summed E-state index contributed by atoms with van der Waals surface area (Å²) in [5, 5.41) is 16.0. The monoisotopic (exact) mass is 630 g/mol. The molecule has 43 heavy (non-hydrogen) atoms. The van der Waals surface area contributed by atoms with Gasteiger partial charge in [0.15, 0.2) is 5.96 Å². The van der Waals surface area contributed by atoms with E-state index in [0.717, 1.165) is 25.7 Å². The lowest BCUT2D eigenvalue weighted by molar-refractivity contribution is -0.129. The van der Waals surface area contributed by atoms with Crippen molar-refractivity contribution in [3.63, 3.8) is 0 Å². The van der Waals surface area contributed by atoms with Crippen LogP contribution >= 0.6 is 12.4 Å². The van der Waals surface area contributed by atoms with Crippen LogP contribution in [-0.4, -0.2) is 36.9 Å². The van der Waals surface area contributed by atoms with Gasteiger partial charge in [0.1, 0.15) is 6.04 Å². The summed E-state index contributed by atoms with van der Waals surface area (Å²) in [4.78, 5) is 25.3. The van der Waals surface area contributed by atoms with Gasteiger partial charge in [-0.15, -0.1) is 12.4 Å². The molecule has 7 nitrogen and oxygen atoms in total. The van der Waals surface area contributed by atoms with Gasteiger partial charge in [0.05, 0.1) is 0 Å². The molecule has 0 rings (SSSR count). The van der Waals surface area contributed by atoms with Gasteiger partial charge in [0.25, 0.3) is 0 Å². The van der Waals surface area contributed by atoms with Crippen molar-refractivity contribution in [1.82, 2.24) is 16.0 Å². The minimum atomic E-state index is -0.526. The summed E-state index contributed by atoms with van der Waals surface area (Å²) in [5.74, 6) is -0.212. The molecule has 2 amide bonds. The summed E-state index contributed by atoms with van der Waals surface area (Å²) in [5.41, 5.74) is 5.35. The van der Waals surface area contributed by atoms with Gasteiger partial charge in [0, 0.05) is 19.5 Å². The van der Waals surface area contributed by atoms with Crippen molar-refractivity contribution in [2.24, 2.45) is 5.73 Å². The van der Waals surface area contributed by atoms with Gasteiger partial charge in [-0.1, -0.05) is 155 Å².